The number of aryl methyl sites for hydroxylation is 1. The maximum Gasteiger partial charge on any atom is 0.331 e. The van der Waals surface area contributed by atoms with Gasteiger partial charge in [0.15, 0.2) is 0 Å². The summed E-state index contributed by atoms with van der Waals surface area (Å²) in [7, 11) is 0. The zero-order valence-electron chi connectivity index (χ0n) is 18.6. The molecule has 0 spiro atoms. The molecule has 0 saturated carbocycles. The first-order valence-electron chi connectivity index (χ1n) is 10.9. The molecule has 1 aliphatic heterocycles. The lowest BCUT2D eigenvalue weighted by Gasteiger charge is -2.16. The smallest absolute Gasteiger partial charge is 0.331 e. The molecule has 32 heavy (non-hydrogen) atoms. The molecule has 0 atom stereocenters. The number of rotatable bonds is 5. The van der Waals surface area contributed by atoms with Gasteiger partial charge in [0.05, 0.1) is 0 Å². The topological polar surface area (TPSA) is 112 Å². The first-order valence-corrected chi connectivity index (χ1v) is 10.9. The first kappa shape index (κ1) is 21.7. The van der Waals surface area contributed by atoms with E-state index in [9.17, 15) is 14.4 Å². The highest BCUT2D eigenvalue weighted by atomic mass is 16.5. The summed E-state index contributed by atoms with van der Waals surface area (Å²) in [6, 6.07) is 7.53. The summed E-state index contributed by atoms with van der Waals surface area (Å²) in [5, 5.41) is 6.71. The molecule has 0 bridgehead atoms. The average Bonchev–Trinajstić information content (AvgIpc) is 3.03. The number of nitrogens with zero attached hydrogens (tertiary/aromatic N) is 4. The van der Waals surface area contributed by atoms with Crippen LogP contribution in [0, 0.1) is 6.92 Å². The number of amides is 1. The molecular formula is C23H27N5O4. The van der Waals surface area contributed by atoms with Crippen LogP contribution in [0.2, 0.25) is 0 Å². The lowest BCUT2D eigenvalue weighted by molar-refractivity contribution is -0.116. The Hall–Kier alpha value is -3.49. The van der Waals surface area contributed by atoms with E-state index in [1.54, 1.807) is 17.6 Å². The standard InChI is InChI=1S/C23H27N5O4/c1-14(2)16-8-7-9-17(12-16)25-19(29)13-28-22(30)20(21-24-15(3)32-26-21)18-10-5-4-6-11-27(18)23(28)31/h7-9,12,14H,4-6,10-11,13H2,1-3H3,(H,25,29). The Morgan fingerprint density at radius 3 is 2.75 bits per heavy atom. The molecule has 1 aliphatic rings. The van der Waals surface area contributed by atoms with Crippen LogP contribution in [0.15, 0.2) is 38.4 Å². The molecule has 4 rings (SSSR count). The molecule has 0 unspecified atom stereocenters. The van der Waals surface area contributed by atoms with E-state index in [1.165, 1.54) is 0 Å². The van der Waals surface area contributed by atoms with Gasteiger partial charge >= 0.3 is 5.69 Å². The Balaban J connectivity index is 1.73. The van der Waals surface area contributed by atoms with E-state index < -0.39 is 23.7 Å². The number of hydrogen-bond donors (Lipinski definition) is 1. The normalized spacial score (nSPS) is 13.6. The molecule has 9 nitrogen and oxygen atoms in total. The summed E-state index contributed by atoms with van der Waals surface area (Å²) < 4.78 is 7.64. The van der Waals surface area contributed by atoms with Crippen molar-refractivity contribution >= 4 is 11.6 Å². The first-order chi connectivity index (χ1) is 15.3. The minimum atomic E-state index is -0.574. The predicted molar refractivity (Wildman–Crippen MR) is 120 cm³/mol. The number of hydrogen-bond acceptors (Lipinski definition) is 6. The minimum Gasteiger partial charge on any atom is -0.339 e. The SMILES string of the molecule is Cc1nc(-c2c3n(c(=O)n(CC(=O)Nc4cccc(C(C)C)c4)c2=O)CCCCC3)no1. The summed E-state index contributed by atoms with van der Waals surface area (Å²) in [6.07, 6.45) is 3.21. The van der Waals surface area contributed by atoms with Crippen LogP contribution in [-0.4, -0.2) is 25.2 Å². The Labute approximate surface area is 185 Å². The molecule has 0 fully saturated rings. The van der Waals surface area contributed by atoms with Crippen LogP contribution in [0.1, 0.15) is 56.2 Å². The van der Waals surface area contributed by atoms with E-state index in [4.69, 9.17) is 4.52 Å². The van der Waals surface area contributed by atoms with Gasteiger partial charge in [-0.15, -0.1) is 0 Å². The third-order valence-corrected chi connectivity index (χ3v) is 5.72. The summed E-state index contributed by atoms with van der Waals surface area (Å²) in [5.74, 6) is 0.337. The van der Waals surface area contributed by atoms with Crippen molar-refractivity contribution < 1.29 is 9.32 Å². The van der Waals surface area contributed by atoms with Gasteiger partial charge in [-0.3, -0.25) is 18.7 Å². The Morgan fingerprint density at radius 1 is 1.22 bits per heavy atom. The summed E-state index contributed by atoms with van der Waals surface area (Å²) in [5.41, 5.74) is 1.49. The molecule has 0 saturated heterocycles. The molecule has 2 aromatic heterocycles. The molecule has 1 N–H and O–H groups in total. The lowest BCUT2D eigenvalue weighted by atomic mass is 10.0. The van der Waals surface area contributed by atoms with Crippen LogP contribution >= 0.6 is 0 Å². The quantitative estimate of drug-likeness (QED) is 0.657. The summed E-state index contributed by atoms with van der Waals surface area (Å²) >= 11 is 0. The molecule has 0 aliphatic carbocycles. The summed E-state index contributed by atoms with van der Waals surface area (Å²) in [4.78, 5) is 43.6. The monoisotopic (exact) mass is 437 g/mol. The molecule has 1 aromatic carbocycles. The second-order valence-electron chi connectivity index (χ2n) is 8.42. The number of nitrogens with one attached hydrogen (secondary N) is 1. The summed E-state index contributed by atoms with van der Waals surface area (Å²) in [6.45, 7) is 5.86. The van der Waals surface area contributed by atoms with Gasteiger partial charge in [-0.25, -0.2) is 4.79 Å². The Morgan fingerprint density at radius 2 is 2.03 bits per heavy atom. The van der Waals surface area contributed by atoms with Crippen molar-refractivity contribution in [1.29, 1.82) is 0 Å². The lowest BCUT2D eigenvalue weighted by Crippen LogP contribution is -2.44. The van der Waals surface area contributed by atoms with Gasteiger partial charge in [-0.2, -0.15) is 4.98 Å². The van der Waals surface area contributed by atoms with Crippen LogP contribution in [0.5, 0.6) is 0 Å². The van der Waals surface area contributed by atoms with E-state index in [-0.39, 0.29) is 11.4 Å². The average molecular weight is 438 g/mol. The second kappa shape index (κ2) is 8.94. The number of carbonyl (C=O) groups excluding carboxylic acids is 1. The van der Waals surface area contributed by atoms with Crippen LogP contribution in [0.3, 0.4) is 0 Å². The molecule has 3 aromatic rings. The number of aromatic nitrogens is 4. The van der Waals surface area contributed by atoms with E-state index in [0.29, 0.717) is 36.2 Å². The zero-order valence-corrected chi connectivity index (χ0v) is 18.6. The van der Waals surface area contributed by atoms with Gasteiger partial charge in [0.1, 0.15) is 12.1 Å². The van der Waals surface area contributed by atoms with Gasteiger partial charge in [0.2, 0.25) is 17.6 Å². The number of anilines is 1. The maximum absolute atomic E-state index is 13.4. The third-order valence-electron chi connectivity index (χ3n) is 5.72. The largest absolute Gasteiger partial charge is 0.339 e. The third kappa shape index (κ3) is 4.28. The van der Waals surface area contributed by atoms with Crippen molar-refractivity contribution in [3.05, 3.63) is 62.3 Å². The molecule has 1 amide bonds. The molecular weight excluding hydrogens is 410 g/mol. The van der Waals surface area contributed by atoms with Gasteiger partial charge in [-0.1, -0.05) is 37.6 Å². The number of benzene rings is 1. The van der Waals surface area contributed by atoms with Crippen molar-refractivity contribution in [2.45, 2.75) is 65.5 Å². The molecule has 0 radical (unpaired) electrons. The molecule has 3 heterocycles. The van der Waals surface area contributed by atoms with Crippen molar-refractivity contribution in [2.24, 2.45) is 0 Å². The Bertz CT molecular complexity index is 1270. The van der Waals surface area contributed by atoms with E-state index in [0.717, 1.165) is 29.4 Å². The van der Waals surface area contributed by atoms with E-state index in [2.05, 4.69) is 29.3 Å². The highest BCUT2D eigenvalue weighted by Gasteiger charge is 2.25. The van der Waals surface area contributed by atoms with Crippen LogP contribution in [0.25, 0.3) is 11.4 Å². The molecule has 168 valence electrons. The predicted octanol–water partition coefficient (Wildman–Crippen LogP) is 2.86. The molecule has 9 heteroatoms. The van der Waals surface area contributed by atoms with Crippen molar-refractivity contribution in [1.82, 2.24) is 19.3 Å². The van der Waals surface area contributed by atoms with Crippen molar-refractivity contribution in [2.75, 3.05) is 5.32 Å². The minimum absolute atomic E-state index is 0.150. The van der Waals surface area contributed by atoms with Crippen LogP contribution in [0.4, 0.5) is 5.69 Å². The fourth-order valence-electron chi connectivity index (χ4n) is 4.06. The van der Waals surface area contributed by atoms with E-state index in [1.807, 2.05) is 18.2 Å². The zero-order chi connectivity index (χ0) is 22.8. The fraction of sp³-hybridized carbons (Fsp3) is 0.435. The number of carbonyl (C=O) groups is 1. The van der Waals surface area contributed by atoms with Crippen LogP contribution < -0.4 is 16.6 Å². The van der Waals surface area contributed by atoms with Crippen molar-refractivity contribution in [3.63, 3.8) is 0 Å². The second-order valence-corrected chi connectivity index (χ2v) is 8.42. The maximum atomic E-state index is 13.4. The van der Waals surface area contributed by atoms with Gasteiger partial charge < -0.3 is 9.84 Å². The fourth-order valence-corrected chi connectivity index (χ4v) is 4.06. The highest BCUT2D eigenvalue weighted by Crippen LogP contribution is 2.22. The van der Waals surface area contributed by atoms with Gasteiger partial charge in [0, 0.05) is 24.8 Å². The Kier molecular flexibility index (Phi) is 6.07. The van der Waals surface area contributed by atoms with Crippen LogP contribution in [-0.2, 0) is 24.3 Å². The van der Waals surface area contributed by atoms with Crippen molar-refractivity contribution in [3.8, 4) is 11.4 Å². The number of fused-ring (bicyclic) bond motifs is 1. The highest BCUT2D eigenvalue weighted by molar-refractivity contribution is 5.90. The van der Waals surface area contributed by atoms with Gasteiger partial charge in [0.25, 0.3) is 5.56 Å². The van der Waals surface area contributed by atoms with E-state index >= 15 is 0 Å². The van der Waals surface area contributed by atoms with Gasteiger partial charge in [-0.05, 0) is 42.9 Å².